The van der Waals surface area contributed by atoms with E-state index >= 15 is 0 Å². The monoisotopic (exact) mass is 485 g/mol. The standard InChI is InChI=1S/C22H27N7O2S2/c1-4-27-9-11-28(12-10-27)20-24-18-17(19(30)26(3)22(31)25(18)2)29(20)13-14-32-21-23-15-7-5-6-8-16(15)33-21/h5-8H,4,9-14H2,1-3H3. The largest absolute Gasteiger partial charge is 0.340 e. The summed E-state index contributed by atoms with van der Waals surface area (Å²) in [7, 11) is 3.20. The van der Waals surface area contributed by atoms with Crippen LogP contribution in [-0.2, 0) is 20.6 Å². The van der Waals surface area contributed by atoms with Gasteiger partial charge in [-0.05, 0) is 18.7 Å². The van der Waals surface area contributed by atoms with Crippen LogP contribution in [0.25, 0.3) is 21.4 Å². The van der Waals surface area contributed by atoms with Crippen molar-refractivity contribution in [3.05, 3.63) is 45.1 Å². The smallest absolute Gasteiger partial charge is 0.332 e. The van der Waals surface area contributed by atoms with Gasteiger partial charge in [-0.2, -0.15) is 4.98 Å². The van der Waals surface area contributed by atoms with Gasteiger partial charge in [-0.1, -0.05) is 30.8 Å². The molecule has 0 saturated carbocycles. The van der Waals surface area contributed by atoms with E-state index in [1.165, 1.54) is 20.9 Å². The summed E-state index contributed by atoms with van der Waals surface area (Å²) in [5.74, 6) is 1.52. The Labute approximate surface area is 199 Å². The van der Waals surface area contributed by atoms with Crippen LogP contribution in [0.4, 0.5) is 5.95 Å². The van der Waals surface area contributed by atoms with E-state index in [2.05, 4.69) is 22.8 Å². The number of thiazole rings is 1. The molecule has 0 radical (unpaired) electrons. The zero-order valence-corrected chi connectivity index (χ0v) is 20.7. The van der Waals surface area contributed by atoms with Gasteiger partial charge >= 0.3 is 5.69 Å². The summed E-state index contributed by atoms with van der Waals surface area (Å²) in [5.41, 5.74) is 1.28. The molecule has 0 amide bonds. The number of imidazole rings is 1. The lowest BCUT2D eigenvalue weighted by Crippen LogP contribution is -2.47. The molecule has 1 aliphatic heterocycles. The number of nitrogens with zero attached hydrogens (tertiary/aromatic N) is 7. The summed E-state index contributed by atoms with van der Waals surface area (Å²) in [6.45, 7) is 7.40. The van der Waals surface area contributed by atoms with Crippen molar-refractivity contribution in [2.75, 3.05) is 43.4 Å². The number of hydrogen-bond acceptors (Lipinski definition) is 8. The predicted molar refractivity (Wildman–Crippen MR) is 135 cm³/mol. The van der Waals surface area contributed by atoms with Gasteiger partial charge in [-0.25, -0.2) is 9.78 Å². The fourth-order valence-corrected chi connectivity index (χ4v) is 6.35. The molecule has 9 nitrogen and oxygen atoms in total. The van der Waals surface area contributed by atoms with Gasteiger partial charge in [0.15, 0.2) is 15.5 Å². The number of likely N-dealkylation sites (N-methyl/N-ethyl adjacent to an activating group) is 1. The first kappa shape index (κ1) is 22.2. The van der Waals surface area contributed by atoms with Crippen LogP contribution >= 0.6 is 23.1 Å². The lowest BCUT2D eigenvalue weighted by atomic mass is 10.3. The molecule has 1 saturated heterocycles. The first-order valence-electron chi connectivity index (χ1n) is 11.1. The van der Waals surface area contributed by atoms with Crippen LogP contribution in [0.15, 0.2) is 38.2 Å². The number of anilines is 1. The van der Waals surface area contributed by atoms with Gasteiger partial charge in [0.05, 0.1) is 10.2 Å². The second kappa shape index (κ2) is 8.96. The van der Waals surface area contributed by atoms with Gasteiger partial charge in [0.25, 0.3) is 5.56 Å². The van der Waals surface area contributed by atoms with Crippen LogP contribution in [0.5, 0.6) is 0 Å². The molecule has 0 bridgehead atoms. The molecule has 0 unspecified atom stereocenters. The van der Waals surface area contributed by atoms with Gasteiger partial charge in [-0.3, -0.25) is 13.9 Å². The number of para-hydroxylation sites is 1. The highest BCUT2D eigenvalue weighted by Crippen LogP contribution is 2.30. The van der Waals surface area contributed by atoms with Gasteiger partial charge in [0, 0.05) is 52.6 Å². The minimum Gasteiger partial charge on any atom is -0.340 e. The number of hydrogen-bond donors (Lipinski definition) is 0. The van der Waals surface area contributed by atoms with Crippen molar-refractivity contribution in [2.45, 2.75) is 17.8 Å². The van der Waals surface area contributed by atoms with Crippen molar-refractivity contribution in [1.82, 2.24) is 28.6 Å². The van der Waals surface area contributed by atoms with E-state index in [-0.39, 0.29) is 11.2 Å². The zero-order valence-electron chi connectivity index (χ0n) is 19.0. The molecule has 0 spiro atoms. The van der Waals surface area contributed by atoms with Crippen LogP contribution in [0, 0.1) is 0 Å². The van der Waals surface area contributed by atoms with Gasteiger partial charge in [0.2, 0.25) is 5.95 Å². The Morgan fingerprint density at radius 2 is 1.79 bits per heavy atom. The Hall–Kier alpha value is -2.63. The number of rotatable bonds is 6. The molecule has 5 rings (SSSR count). The van der Waals surface area contributed by atoms with Crippen LogP contribution in [0.2, 0.25) is 0 Å². The van der Waals surface area contributed by atoms with Crippen LogP contribution in [0.3, 0.4) is 0 Å². The van der Waals surface area contributed by atoms with Crippen molar-refractivity contribution < 1.29 is 0 Å². The quantitative estimate of drug-likeness (QED) is 0.386. The highest BCUT2D eigenvalue weighted by Gasteiger charge is 2.25. The van der Waals surface area contributed by atoms with E-state index in [0.29, 0.717) is 17.7 Å². The van der Waals surface area contributed by atoms with Crippen LogP contribution in [0.1, 0.15) is 6.92 Å². The summed E-state index contributed by atoms with van der Waals surface area (Å²) >= 11 is 3.37. The number of fused-ring (bicyclic) bond motifs is 2. The molecule has 1 aliphatic rings. The first-order chi connectivity index (χ1) is 16.0. The van der Waals surface area contributed by atoms with Crippen molar-refractivity contribution in [2.24, 2.45) is 14.1 Å². The van der Waals surface area contributed by atoms with Crippen molar-refractivity contribution in [3.8, 4) is 0 Å². The number of aryl methyl sites for hydroxylation is 2. The van der Waals surface area contributed by atoms with Crippen LogP contribution < -0.4 is 16.1 Å². The summed E-state index contributed by atoms with van der Waals surface area (Å²) in [6.07, 6.45) is 0. The molecule has 0 atom stereocenters. The first-order valence-corrected chi connectivity index (χ1v) is 12.9. The average molecular weight is 486 g/mol. The van der Waals surface area contributed by atoms with Gasteiger partial charge in [0.1, 0.15) is 0 Å². The maximum Gasteiger partial charge on any atom is 0.332 e. The molecule has 0 N–H and O–H groups in total. The third kappa shape index (κ3) is 3.98. The summed E-state index contributed by atoms with van der Waals surface area (Å²) < 4.78 is 6.82. The number of benzene rings is 1. The third-order valence-corrected chi connectivity index (χ3v) is 8.40. The molecule has 4 aromatic rings. The molecule has 4 heterocycles. The Morgan fingerprint density at radius 1 is 1.03 bits per heavy atom. The van der Waals surface area contributed by atoms with E-state index in [1.54, 1.807) is 30.1 Å². The number of piperazine rings is 1. The SMILES string of the molecule is CCN1CCN(c2nc3c(c(=O)n(C)c(=O)n3C)n2CCSc2nc3ccccc3s2)CC1. The number of thioether (sulfide) groups is 1. The van der Waals surface area contributed by atoms with Crippen molar-refractivity contribution >= 4 is 50.4 Å². The van der Waals surface area contributed by atoms with Gasteiger partial charge < -0.3 is 14.4 Å². The Morgan fingerprint density at radius 3 is 2.52 bits per heavy atom. The summed E-state index contributed by atoms with van der Waals surface area (Å²) in [5, 5.41) is 0. The second-order valence-electron chi connectivity index (χ2n) is 8.16. The Balaban J connectivity index is 1.49. The molecule has 1 fully saturated rings. The maximum atomic E-state index is 13.1. The molecule has 11 heteroatoms. The van der Waals surface area contributed by atoms with E-state index in [9.17, 15) is 9.59 Å². The van der Waals surface area contributed by atoms with Gasteiger partial charge in [-0.15, -0.1) is 11.3 Å². The molecule has 33 heavy (non-hydrogen) atoms. The molecule has 0 aliphatic carbocycles. The van der Waals surface area contributed by atoms with E-state index in [4.69, 9.17) is 9.97 Å². The normalized spacial score (nSPS) is 15.2. The fraction of sp³-hybridized carbons (Fsp3) is 0.455. The minimum absolute atomic E-state index is 0.302. The molecular formula is C22H27N7O2S2. The highest BCUT2D eigenvalue weighted by molar-refractivity contribution is 8.01. The van der Waals surface area contributed by atoms with Crippen molar-refractivity contribution in [3.63, 3.8) is 0 Å². The molecular weight excluding hydrogens is 458 g/mol. The molecule has 1 aromatic carbocycles. The highest BCUT2D eigenvalue weighted by atomic mass is 32.2. The topological polar surface area (TPSA) is 81.2 Å². The average Bonchev–Trinajstić information content (AvgIpc) is 3.43. The summed E-state index contributed by atoms with van der Waals surface area (Å²) in [4.78, 5) is 39.8. The lowest BCUT2D eigenvalue weighted by Gasteiger charge is -2.34. The number of aromatic nitrogens is 5. The molecule has 3 aromatic heterocycles. The lowest BCUT2D eigenvalue weighted by molar-refractivity contribution is 0.269. The predicted octanol–water partition coefficient (Wildman–Crippen LogP) is 1.98. The van der Waals surface area contributed by atoms with E-state index < -0.39 is 0 Å². The van der Waals surface area contributed by atoms with Crippen molar-refractivity contribution in [1.29, 1.82) is 0 Å². The fourth-order valence-electron chi connectivity index (χ4n) is 4.29. The van der Waals surface area contributed by atoms with E-state index in [0.717, 1.165) is 54.3 Å². The van der Waals surface area contributed by atoms with Crippen LogP contribution in [-0.4, -0.2) is 67.0 Å². The Kier molecular flexibility index (Phi) is 6.02. The molecule has 174 valence electrons. The van der Waals surface area contributed by atoms with E-state index in [1.807, 2.05) is 22.8 Å². The Bertz CT molecular complexity index is 1390. The maximum absolute atomic E-state index is 13.1. The summed E-state index contributed by atoms with van der Waals surface area (Å²) in [6, 6.07) is 8.13. The second-order valence-corrected chi connectivity index (χ2v) is 10.5. The third-order valence-electron chi connectivity index (χ3n) is 6.24. The minimum atomic E-state index is -0.358. The zero-order chi connectivity index (χ0) is 23.1.